The standard InChI is InChI=1S/C12H23N3O/c1-12(6-3-4-7-13-12)11(16)14-10-5-8-15(2)9-10/h10,13H,3-9H2,1-2H3,(H,14,16). The van der Waals surface area contributed by atoms with Gasteiger partial charge >= 0.3 is 0 Å². The Bertz CT molecular complexity index is 261. The normalized spacial score (nSPS) is 36.2. The molecule has 0 aromatic heterocycles. The highest BCUT2D eigenvalue weighted by atomic mass is 16.2. The van der Waals surface area contributed by atoms with Crippen molar-refractivity contribution in [2.75, 3.05) is 26.7 Å². The molecule has 0 aromatic carbocycles. The van der Waals surface area contributed by atoms with Crippen LogP contribution in [-0.4, -0.2) is 49.1 Å². The number of likely N-dealkylation sites (N-methyl/N-ethyl adjacent to an activating group) is 1. The van der Waals surface area contributed by atoms with Gasteiger partial charge in [-0.1, -0.05) is 0 Å². The van der Waals surface area contributed by atoms with Crippen LogP contribution in [0.4, 0.5) is 0 Å². The second-order valence-electron chi connectivity index (χ2n) is 5.44. The minimum atomic E-state index is -0.334. The molecule has 2 rings (SSSR count). The smallest absolute Gasteiger partial charge is 0.240 e. The van der Waals surface area contributed by atoms with Crippen molar-refractivity contribution in [3.05, 3.63) is 0 Å². The highest BCUT2D eigenvalue weighted by molar-refractivity contribution is 5.86. The first kappa shape index (κ1) is 11.9. The topological polar surface area (TPSA) is 44.4 Å². The summed E-state index contributed by atoms with van der Waals surface area (Å²) >= 11 is 0. The van der Waals surface area contributed by atoms with Crippen molar-refractivity contribution < 1.29 is 4.79 Å². The molecule has 16 heavy (non-hydrogen) atoms. The van der Waals surface area contributed by atoms with E-state index < -0.39 is 0 Å². The number of rotatable bonds is 2. The predicted molar refractivity (Wildman–Crippen MR) is 64.3 cm³/mol. The minimum absolute atomic E-state index is 0.188. The van der Waals surface area contributed by atoms with Crippen molar-refractivity contribution in [2.24, 2.45) is 0 Å². The largest absolute Gasteiger partial charge is 0.350 e. The number of hydrogen-bond donors (Lipinski definition) is 2. The van der Waals surface area contributed by atoms with Crippen molar-refractivity contribution in [1.29, 1.82) is 0 Å². The Morgan fingerprint density at radius 2 is 2.31 bits per heavy atom. The lowest BCUT2D eigenvalue weighted by Gasteiger charge is -2.34. The molecule has 0 bridgehead atoms. The van der Waals surface area contributed by atoms with Crippen LogP contribution in [0.25, 0.3) is 0 Å². The third-order valence-electron chi connectivity index (χ3n) is 3.85. The fraction of sp³-hybridized carbons (Fsp3) is 0.917. The van der Waals surface area contributed by atoms with Crippen LogP contribution in [0, 0.1) is 0 Å². The van der Waals surface area contributed by atoms with Crippen LogP contribution >= 0.6 is 0 Å². The molecule has 4 heteroatoms. The third-order valence-corrected chi connectivity index (χ3v) is 3.85. The van der Waals surface area contributed by atoms with E-state index >= 15 is 0 Å². The van der Waals surface area contributed by atoms with Crippen LogP contribution in [0.5, 0.6) is 0 Å². The first-order valence-electron chi connectivity index (χ1n) is 6.35. The summed E-state index contributed by atoms with van der Waals surface area (Å²) in [6.07, 6.45) is 4.39. The Balaban J connectivity index is 1.86. The fourth-order valence-electron chi connectivity index (χ4n) is 2.65. The number of amides is 1. The Kier molecular flexibility index (Phi) is 3.50. The van der Waals surface area contributed by atoms with Gasteiger partial charge in [0.2, 0.25) is 5.91 Å². The van der Waals surface area contributed by atoms with E-state index in [-0.39, 0.29) is 11.4 Å². The van der Waals surface area contributed by atoms with E-state index in [4.69, 9.17) is 0 Å². The second kappa shape index (κ2) is 4.72. The van der Waals surface area contributed by atoms with E-state index in [9.17, 15) is 4.79 Å². The van der Waals surface area contributed by atoms with E-state index in [0.717, 1.165) is 38.9 Å². The van der Waals surface area contributed by atoms with Crippen molar-refractivity contribution in [3.8, 4) is 0 Å². The Morgan fingerprint density at radius 1 is 1.50 bits per heavy atom. The third kappa shape index (κ3) is 2.55. The number of likely N-dealkylation sites (tertiary alicyclic amines) is 1. The molecule has 0 radical (unpaired) electrons. The molecule has 1 amide bonds. The average molecular weight is 225 g/mol. The molecular formula is C12H23N3O. The van der Waals surface area contributed by atoms with Crippen molar-refractivity contribution in [1.82, 2.24) is 15.5 Å². The summed E-state index contributed by atoms with van der Waals surface area (Å²) < 4.78 is 0. The Labute approximate surface area is 97.8 Å². The van der Waals surface area contributed by atoms with Gasteiger partial charge in [-0.15, -0.1) is 0 Å². The lowest BCUT2D eigenvalue weighted by molar-refractivity contribution is -0.128. The van der Waals surface area contributed by atoms with Gasteiger partial charge in [-0.2, -0.15) is 0 Å². The Morgan fingerprint density at radius 3 is 2.88 bits per heavy atom. The maximum Gasteiger partial charge on any atom is 0.240 e. The monoisotopic (exact) mass is 225 g/mol. The molecule has 2 fully saturated rings. The summed E-state index contributed by atoms with van der Waals surface area (Å²) in [5.41, 5.74) is -0.334. The number of piperidine rings is 1. The van der Waals surface area contributed by atoms with Gasteiger partial charge in [0.1, 0.15) is 0 Å². The zero-order chi connectivity index (χ0) is 11.6. The zero-order valence-electron chi connectivity index (χ0n) is 10.4. The summed E-state index contributed by atoms with van der Waals surface area (Å²) in [5.74, 6) is 0.188. The van der Waals surface area contributed by atoms with Gasteiger partial charge in [0.15, 0.2) is 0 Å². The molecule has 2 heterocycles. The van der Waals surface area contributed by atoms with Crippen molar-refractivity contribution in [2.45, 2.75) is 44.2 Å². The van der Waals surface area contributed by atoms with Gasteiger partial charge in [-0.25, -0.2) is 0 Å². The van der Waals surface area contributed by atoms with Gasteiger partial charge in [0.25, 0.3) is 0 Å². The summed E-state index contributed by atoms with van der Waals surface area (Å²) in [6.45, 7) is 5.07. The van der Waals surface area contributed by atoms with Crippen LogP contribution in [0.3, 0.4) is 0 Å². The minimum Gasteiger partial charge on any atom is -0.350 e. The van der Waals surface area contributed by atoms with Crippen LogP contribution in [0.15, 0.2) is 0 Å². The molecule has 2 aliphatic heterocycles. The van der Waals surface area contributed by atoms with Crippen LogP contribution in [0.1, 0.15) is 32.6 Å². The van der Waals surface area contributed by atoms with Crippen molar-refractivity contribution in [3.63, 3.8) is 0 Å². The molecule has 2 aliphatic rings. The average Bonchev–Trinajstić information content (AvgIpc) is 2.65. The molecule has 2 atom stereocenters. The zero-order valence-corrected chi connectivity index (χ0v) is 10.4. The van der Waals surface area contributed by atoms with Gasteiger partial charge in [0, 0.05) is 12.6 Å². The molecule has 92 valence electrons. The summed E-state index contributed by atoms with van der Waals surface area (Å²) in [6, 6.07) is 0.345. The molecule has 2 unspecified atom stereocenters. The maximum absolute atomic E-state index is 12.2. The first-order valence-corrected chi connectivity index (χ1v) is 6.35. The second-order valence-corrected chi connectivity index (χ2v) is 5.44. The predicted octanol–water partition coefficient (Wildman–Crippen LogP) is 0.339. The number of nitrogens with zero attached hydrogens (tertiary/aromatic N) is 1. The molecule has 4 nitrogen and oxygen atoms in total. The molecule has 0 saturated carbocycles. The molecule has 0 aromatic rings. The maximum atomic E-state index is 12.2. The van der Waals surface area contributed by atoms with E-state index in [1.807, 2.05) is 6.92 Å². The molecule has 2 N–H and O–H groups in total. The van der Waals surface area contributed by atoms with Gasteiger partial charge < -0.3 is 15.5 Å². The fourth-order valence-corrected chi connectivity index (χ4v) is 2.65. The van der Waals surface area contributed by atoms with Crippen LogP contribution in [-0.2, 0) is 4.79 Å². The summed E-state index contributed by atoms with van der Waals surface area (Å²) in [5, 5.41) is 6.53. The van der Waals surface area contributed by atoms with Gasteiger partial charge in [0.05, 0.1) is 5.54 Å². The van der Waals surface area contributed by atoms with Crippen LogP contribution in [0.2, 0.25) is 0 Å². The molecular weight excluding hydrogens is 202 g/mol. The lowest BCUT2D eigenvalue weighted by Crippen LogP contribution is -2.58. The highest BCUT2D eigenvalue weighted by Crippen LogP contribution is 2.19. The lowest BCUT2D eigenvalue weighted by atomic mass is 9.90. The van der Waals surface area contributed by atoms with Gasteiger partial charge in [-0.3, -0.25) is 4.79 Å². The number of hydrogen-bond acceptors (Lipinski definition) is 3. The summed E-state index contributed by atoms with van der Waals surface area (Å²) in [4.78, 5) is 14.5. The SMILES string of the molecule is CN1CCC(NC(=O)C2(C)CCCCN2)C1. The number of carbonyl (C=O) groups excluding carboxylic acids is 1. The van der Waals surface area contributed by atoms with Gasteiger partial charge in [-0.05, 0) is 52.7 Å². The molecule has 0 aliphatic carbocycles. The summed E-state index contributed by atoms with van der Waals surface area (Å²) in [7, 11) is 2.10. The molecule has 2 saturated heterocycles. The van der Waals surface area contributed by atoms with Crippen LogP contribution < -0.4 is 10.6 Å². The Hall–Kier alpha value is -0.610. The quantitative estimate of drug-likeness (QED) is 0.712. The van der Waals surface area contributed by atoms with E-state index in [1.54, 1.807) is 0 Å². The van der Waals surface area contributed by atoms with E-state index in [0.29, 0.717) is 6.04 Å². The number of nitrogens with one attached hydrogen (secondary N) is 2. The van der Waals surface area contributed by atoms with E-state index in [1.165, 1.54) is 6.42 Å². The van der Waals surface area contributed by atoms with E-state index in [2.05, 4.69) is 22.6 Å². The number of carbonyl (C=O) groups is 1. The highest BCUT2D eigenvalue weighted by Gasteiger charge is 2.35. The first-order chi connectivity index (χ1) is 7.60. The van der Waals surface area contributed by atoms with Crippen molar-refractivity contribution >= 4 is 5.91 Å². The molecule has 0 spiro atoms.